The molecule has 4 heterocycles. The first-order valence-electron chi connectivity index (χ1n) is 12.9. The van der Waals surface area contributed by atoms with Crippen LogP contribution < -0.4 is 10.1 Å². The van der Waals surface area contributed by atoms with E-state index in [2.05, 4.69) is 20.3 Å². The summed E-state index contributed by atoms with van der Waals surface area (Å²) in [6.45, 7) is 5.76. The van der Waals surface area contributed by atoms with Crippen LogP contribution in [0.1, 0.15) is 42.8 Å². The van der Waals surface area contributed by atoms with Gasteiger partial charge in [0.25, 0.3) is 5.91 Å². The van der Waals surface area contributed by atoms with Gasteiger partial charge in [0.05, 0.1) is 11.1 Å². The summed E-state index contributed by atoms with van der Waals surface area (Å²) in [6.07, 6.45) is 4.53. The monoisotopic (exact) mass is 557 g/mol. The van der Waals surface area contributed by atoms with Crippen LogP contribution in [-0.2, 0) is 0 Å². The van der Waals surface area contributed by atoms with Crippen molar-refractivity contribution in [1.82, 2.24) is 24.8 Å². The number of ether oxygens (including phenoxy) is 1. The van der Waals surface area contributed by atoms with Crippen LogP contribution in [0.2, 0.25) is 0 Å². The zero-order valence-electron chi connectivity index (χ0n) is 21.8. The van der Waals surface area contributed by atoms with Crippen LogP contribution in [0, 0.1) is 0 Å². The number of nitrogens with one attached hydrogen (secondary N) is 1. The average molecular weight is 558 g/mol. The van der Waals surface area contributed by atoms with Gasteiger partial charge in [-0.05, 0) is 74.5 Å². The molecule has 1 aromatic carbocycles. The number of nitrogens with zero attached hydrogens (tertiary/aromatic N) is 4. The van der Waals surface area contributed by atoms with Gasteiger partial charge in [0.1, 0.15) is 17.9 Å². The summed E-state index contributed by atoms with van der Waals surface area (Å²) >= 11 is 1.07. The molecule has 0 spiro atoms. The van der Waals surface area contributed by atoms with Crippen molar-refractivity contribution in [1.29, 1.82) is 0 Å². The normalized spacial score (nSPS) is 15.0. The van der Waals surface area contributed by atoms with E-state index in [1.807, 2.05) is 30.5 Å². The van der Waals surface area contributed by atoms with Gasteiger partial charge in [-0.25, -0.2) is 9.50 Å². The van der Waals surface area contributed by atoms with Gasteiger partial charge in [-0.15, -0.1) is 11.3 Å². The maximum absolute atomic E-state index is 13.2. The minimum atomic E-state index is -4.56. The molecule has 0 bridgehead atoms. The van der Waals surface area contributed by atoms with Gasteiger partial charge in [-0.3, -0.25) is 9.69 Å². The van der Waals surface area contributed by atoms with Gasteiger partial charge in [0, 0.05) is 30.1 Å². The largest absolute Gasteiger partial charge is 0.492 e. The fourth-order valence-corrected chi connectivity index (χ4v) is 5.26. The molecule has 1 fully saturated rings. The Morgan fingerprint density at radius 1 is 1.05 bits per heavy atom. The van der Waals surface area contributed by atoms with Crippen LogP contribution in [0.3, 0.4) is 0 Å². The van der Waals surface area contributed by atoms with Crippen LogP contribution >= 0.6 is 11.3 Å². The van der Waals surface area contributed by atoms with E-state index >= 15 is 0 Å². The van der Waals surface area contributed by atoms with Gasteiger partial charge in [-0.2, -0.15) is 18.3 Å². The van der Waals surface area contributed by atoms with Gasteiger partial charge < -0.3 is 10.1 Å². The van der Waals surface area contributed by atoms with E-state index in [1.165, 1.54) is 19.3 Å². The van der Waals surface area contributed by atoms with Crippen molar-refractivity contribution in [2.45, 2.75) is 44.8 Å². The molecule has 39 heavy (non-hydrogen) atoms. The topological polar surface area (TPSA) is 71.8 Å². The van der Waals surface area contributed by atoms with Crippen LogP contribution in [0.25, 0.3) is 27.9 Å². The van der Waals surface area contributed by atoms with Crippen LogP contribution in [0.5, 0.6) is 5.75 Å². The van der Waals surface area contributed by atoms with E-state index in [0.29, 0.717) is 23.4 Å². The van der Waals surface area contributed by atoms with Crippen molar-refractivity contribution >= 4 is 22.9 Å². The molecule has 0 unspecified atom stereocenters. The number of hydrogen-bond donors (Lipinski definition) is 1. The second-order valence-corrected chi connectivity index (χ2v) is 11.1. The van der Waals surface area contributed by atoms with Crippen LogP contribution in [0.4, 0.5) is 13.2 Å². The molecule has 0 saturated carbocycles. The second kappa shape index (κ2) is 11.0. The van der Waals surface area contributed by atoms with Gasteiger partial charge in [-0.1, -0.05) is 18.6 Å². The molecule has 11 heteroatoms. The molecule has 206 valence electrons. The number of likely N-dealkylation sites (tertiary alicyclic amines) is 1. The maximum Gasteiger partial charge on any atom is 0.410 e. The third-order valence-corrected chi connectivity index (χ3v) is 7.87. The first-order valence-corrected chi connectivity index (χ1v) is 13.8. The Bertz CT molecular complexity index is 1440. The summed E-state index contributed by atoms with van der Waals surface area (Å²) in [5, 5.41) is 8.19. The minimum Gasteiger partial charge on any atom is -0.492 e. The Hall–Kier alpha value is -3.44. The Morgan fingerprint density at radius 3 is 2.51 bits per heavy atom. The van der Waals surface area contributed by atoms with Crippen molar-refractivity contribution in [3.8, 4) is 28.0 Å². The van der Waals surface area contributed by atoms with Crippen molar-refractivity contribution in [3.63, 3.8) is 0 Å². The zero-order valence-corrected chi connectivity index (χ0v) is 22.6. The predicted octanol–water partition coefficient (Wildman–Crippen LogP) is 6.06. The van der Waals surface area contributed by atoms with E-state index in [-0.39, 0.29) is 4.88 Å². The second-order valence-electron chi connectivity index (χ2n) is 10.2. The molecule has 1 saturated heterocycles. The SMILES string of the molecule is CC(C)(NC(=O)c1cc(-c2cnn3cc(-c4ccc(OCCN5CCCCC5)cc4)cnc23)cs1)C(F)(F)F. The molecule has 1 aliphatic heterocycles. The number of aromatic nitrogens is 3. The highest BCUT2D eigenvalue weighted by Crippen LogP contribution is 2.32. The molecule has 4 aromatic rings. The molecule has 0 atom stereocenters. The van der Waals surface area contributed by atoms with E-state index in [4.69, 9.17) is 4.74 Å². The quantitative estimate of drug-likeness (QED) is 0.285. The minimum absolute atomic E-state index is 0.177. The molecule has 0 aliphatic carbocycles. The number of fused-ring (bicyclic) bond motifs is 1. The lowest BCUT2D eigenvalue weighted by Gasteiger charge is -2.28. The highest BCUT2D eigenvalue weighted by Gasteiger charge is 2.48. The summed E-state index contributed by atoms with van der Waals surface area (Å²) in [5.74, 6) is 0.0429. The number of carbonyl (C=O) groups is 1. The van der Waals surface area contributed by atoms with Gasteiger partial charge >= 0.3 is 6.18 Å². The smallest absolute Gasteiger partial charge is 0.410 e. The molecular weight excluding hydrogens is 527 g/mol. The first kappa shape index (κ1) is 27.1. The number of hydrogen-bond acceptors (Lipinski definition) is 6. The number of amides is 1. The Morgan fingerprint density at radius 2 is 1.79 bits per heavy atom. The lowest BCUT2D eigenvalue weighted by atomic mass is 10.1. The third-order valence-electron chi connectivity index (χ3n) is 6.94. The molecule has 5 rings (SSSR count). The highest BCUT2D eigenvalue weighted by atomic mass is 32.1. The number of alkyl halides is 3. The molecular formula is C28H30F3N5O2S. The fraction of sp³-hybridized carbons (Fsp3) is 0.393. The number of piperidine rings is 1. The number of benzene rings is 1. The summed E-state index contributed by atoms with van der Waals surface area (Å²) in [5.41, 5.74) is 1.43. The Balaban J connectivity index is 1.25. The molecule has 1 amide bonds. The average Bonchev–Trinajstić information content (AvgIpc) is 3.56. The van der Waals surface area contributed by atoms with Gasteiger partial charge in [0.2, 0.25) is 0 Å². The molecule has 0 radical (unpaired) electrons. The molecule has 3 aromatic heterocycles. The van der Waals surface area contributed by atoms with E-state index < -0.39 is 17.6 Å². The standard InChI is InChI=1S/C28H30F3N5O2S/c1-27(2,28(29,30)31)34-26(37)24-14-20(18-39-24)23-16-33-36-17-21(15-32-25(23)36)19-6-8-22(9-7-19)38-13-12-35-10-4-3-5-11-35/h6-9,14-18H,3-5,10-13H2,1-2H3,(H,34,37). The molecule has 1 aliphatic rings. The predicted molar refractivity (Wildman–Crippen MR) is 145 cm³/mol. The van der Waals surface area contributed by atoms with Crippen molar-refractivity contribution < 1.29 is 22.7 Å². The molecule has 7 nitrogen and oxygen atoms in total. The molecule has 1 N–H and O–H groups in total. The fourth-order valence-electron chi connectivity index (χ4n) is 4.46. The maximum atomic E-state index is 13.2. The number of thiophene rings is 1. The van der Waals surface area contributed by atoms with Crippen LogP contribution in [0.15, 0.2) is 54.3 Å². The summed E-state index contributed by atoms with van der Waals surface area (Å²) in [7, 11) is 0. The summed E-state index contributed by atoms with van der Waals surface area (Å²) in [4.78, 5) is 19.7. The zero-order chi connectivity index (χ0) is 27.6. The van der Waals surface area contributed by atoms with Crippen LogP contribution in [-0.4, -0.2) is 63.4 Å². The van der Waals surface area contributed by atoms with Crippen molar-refractivity contribution in [2.75, 3.05) is 26.2 Å². The lowest BCUT2D eigenvalue weighted by Crippen LogP contribution is -2.54. The number of halogens is 3. The van der Waals surface area contributed by atoms with Crippen molar-refractivity contribution in [2.24, 2.45) is 0 Å². The third kappa shape index (κ3) is 6.09. The Labute approximate surface area is 228 Å². The van der Waals surface area contributed by atoms with Gasteiger partial charge in [0.15, 0.2) is 5.65 Å². The Kier molecular flexibility index (Phi) is 7.64. The number of rotatable bonds is 8. The first-order chi connectivity index (χ1) is 18.6. The van der Waals surface area contributed by atoms with E-state index in [9.17, 15) is 18.0 Å². The van der Waals surface area contributed by atoms with Crippen molar-refractivity contribution in [3.05, 3.63) is 59.2 Å². The summed E-state index contributed by atoms with van der Waals surface area (Å²) in [6, 6.07) is 9.42. The van der Waals surface area contributed by atoms with E-state index in [0.717, 1.165) is 61.7 Å². The van der Waals surface area contributed by atoms with E-state index in [1.54, 1.807) is 28.4 Å². The lowest BCUT2D eigenvalue weighted by molar-refractivity contribution is -0.182. The number of carbonyl (C=O) groups excluding carboxylic acids is 1. The highest BCUT2D eigenvalue weighted by molar-refractivity contribution is 7.12. The summed E-state index contributed by atoms with van der Waals surface area (Å²) < 4.78 is 47.1.